The highest BCUT2D eigenvalue weighted by atomic mass is 79.9. The number of aromatic nitrogens is 2. The smallest absolute Gasteiger partial charge is 0.267 e. The molecule has 3 aromatic carbocycles. The third kappa shape index (κ3) is 5.59. The fraction of sp³-hybridized carbons (Fsp3) is 0. The van der Waals surface area contributed by atoms with Gasteiger partial charge in [-0.25, -0.2) is 0 Å². The molecule has 4 aromatic rings. The van der Waals surface area contributed by atoms with Crippen molar-refractivity contribution in [2.24, 2.45) is 10.1 Å². The molecule has 176 valence electrons. The number of aliphatic imine (C=N–C) groups is 1. The highest BCUT2D eigenvalue weighted by molar-refractivity contribution is 9.10. The van der Waals surface area contributed by atoms with Gasteiger partial charge in [-0.2, -0.15) is 19.9 Å². The first kappa shape index (κ1) is 23.7. The summed E-state index contributed by atoms with van der Waals surface area (Å²) in [5.41, 5.74) is 6.60. The Morgan fingerprint density at radius 2 is 1.58 bits per heavy atom. The molecule has 1 aromatic heterocycles. The highest BCUT2D eigenvalue weighted by Crippen LogP contribution is 2.27. The molecule has 36 heavy (non-hydrogen) atoms. The molecule has 0 fully saturated rings. The number of nitrogens with zero attached hydrogens (tertiary/aromatic N) is 4. The second-order valence-corrected chi connectivity index (χ2v) is 9.63. The Balaban J connectivity index is 1.24. The summed E-state index contributed by atoms with van der Waals surface area (Å²) in [6.45, 7) is 0. The summed E-state index contributed by atoms with van der Waals surface area (Å²) in [5.74, 6) is -0.305. The lowest BCUT2D eigenvalue weighted by Crippen LogP contribution is -2.20. The number of nitrogens with one attached hydrogen (secondary N) is 1. The number of amides is 1. The number of hydrogen-bond donors (Lipinski definition) is 1. The van der Waals surface area contributed by atoms with Crippen LogP contribution in [0.4, 0.5) is 0 Å². The Bertz CT molecular complexity index is 1560. The van der Waals surface area contributed by atoms with Crippen LogP contribution in [0.5, 0.6) is 0 Å². The summed E-state index contributed by atoms with van der Waals surface area (Å²) in [6, 6.07) is 27.8. The molecular weight excluding hydrogens is 538 g/mol. The van der Waals surface area contributed by atoms with Crippen molar-refractivity contribution in [1.82, 2.24) is 15.2 Å². The van der Waals surface area contributed by atoms with Crippen LogP contribution in [0.2, 0.25) is 0 Å². The first-order valence-corrected chi connectivity index (χ1v) is 12.5. The van der Waals surface area contributed by atoms with Crippen molar-refractivity contribution >= 4 is 51.1 Å². The second-order valence-electron chi connectivity index (χ2n) is 7.68. The largest absolute Gasteiger partial charge is 0.286 e. The van der Waals surface area contributed by atoms with Gasteiger partial charge in [0.1, 0.15) is 0 Å². The van der Waals surface area contributed by atoms with Gasteiger partial charge in [-0.15, -0.1) is 0 Å². The Hall–Kier alpha value is -4.08. The van der Waals surface area contributed by atoms with E-state index in [1.165, 1.54) is 22.5 Å². The Morgan fingerprint density at radius 1 is 0.861 bits per heavy atom. The fourth-order valence-corrected chi connectivity index (χ4v) is 4.42. The lowest BCUT2D eigenvalue weighted by Gasteiger charge is -2.07. The molecule has 2 heterocycles. The van der Waals surface area contributed by atoms with E-state index in [1.807, 2.05) is 66.7 Å². The molecule has 1 aliphatic heterocycles. The zero-order valence-corrected chi connectivity index (χ0v) is 21.1. The maximum Gasteiger partial charge on any atom is 0.286 e. The molecule has 0 radical (unpaired) electrons. The number of halogens is 1. The monoisotopic (exact) mass is 555 g/mol. The molecule has 9 heteroatoms. The molecule has 0 spiro atoms. The molecule has 0 saturated heterocycles. The van der Waals surface area contributed by atoms with Gasteiger partial charge in [-0.1, -0.05) is 70.5 Å². The third-order valence-corrected chi connectivity index (χ3v) is 6.59. The standard InChI is InChI=1S/C27H18BrN5O2S/c28-21-10-6-18(7-11-21)16-24-26(35)30-27(36-24)31-29-17-19-8-12-22(13-9-19)33-25(34)15-14-23(32-33)20-4-2-1-3-5-20/h1-17H,(H,30,31,35)/b24-16-,29-17-. The van der Waals surface area contributed by atoms with E-state index in [4.69, 9.17) is 0 Å². The van der Waals surface area contributed by atoms with Crippen LogP contribution >= 0.6 is 27.7 Å². The van der Waals surface area contributed by atoms with E-state index in [2.05, 4.69) is 36.5 Å². The molecule has 0 saturated carbocycles. The summed E-state index contributed by atoms with van der Waals surface area (Å²) >= 11 is 4.63. The van der Waals surface area contributed by atoms with Crippen LogP contribution < -0.4 is 11.0 Å². The van der Waals surface area contributed by atoms with Crippen LogP contribution in [0.25, 0.3) is 23.0 Å². The van der Waals surface area contributed by atoms with Gasteiger partial charge in [0.25, 0.3) is 11.5 Å². The van der Waals surface area contributed by atoms with Gasteiger partial charge >= 0.3 is 0 Å². The van der Waals surface area contributed by atoms with Gasteiger partial charge in [0, 0.05) is 16.1 Å². The molecule has 0 atom stereocenters. The summed E-state index contributed by atoms with van der Waals surface area (Å²) in [7, 11) is 0. The van der Waals surface area contributed by atoms with E-state index in [0.717, 1.165) is 21.2 Å². The van der Waals surface area contributed by atoms with Crippen molar-refractivity contribution in [3.63, 3.8) is 0 Å². The SMILES string of the molecule is O=C1N=C(N/N=C\c2ccc(-n3nc(-c4ccccc4)ccc3=O)cc2)S/C1=C\c1ccc(Br)cc1. The van der Waals surface area contributed by atoms with E-state index >= 15 is 0 Å². The minimum Gasteiger partial charge on any atom is -0.267 e. The molecule has 0 bridgehead atoms. The van der Waals surface area contributed by atoms with Crippen LogP contribution in [0.1, 0.15) is 11.1 Å². The van der Waals surface area contributed by atoms with Gasteiger partial charge in [0.05, 0.1) is 22.5 Å². The molecule has 0 aliphatic carbocycles. The lowest BCUT2D eigenvalue weighted by molar-refractivity contribution is -0.113. The van der Waals surface area contributed by atoms with Crippen molar-refractivity contribution < 1.29 is 4.79 Å². The van der Waals surface area contributed by atoms with Gasteiger partial charge in [-0.05, 0) is 59.3 Å². The van der Waals surface area contributed by atoms with Gasteiger partial charge < -0.3 is 0 Å². The number of benzene rings is 3. The Morgan fingerprint density at radius 3 is 2.33 bits per heavy atom. The minimum absolute atomic E-state index is 0.217. The molecule has 1 amide bonds. The molecule has 5 rings (SSSR count). The topological polar surface area (TPSA) is 88.7 Å². The normalized spacial score (nSPS) is 14.4. The Kier molecular flexibility index (Phi) is 7.01. The number of amidine groups is 1. The van der Waals surface area contributed by atoms with E-state index in [9.17, 15) is 9.59 Å². The molecule has 1 aliphatic rings. The average molecular weight is 556 g/mol. The second kappa shape index (κ2) is 10.7. The Labute approximate surface area is 219 Å². The molecule has 7 nitrogen and oxygen atoms in total. The van der Waals surface area contributed by atoms with Crippen molar-refractivity contribution in [1.29, 1.82) is 0 Å². The maximum absolute atomic E-state index is 12.4. The van der Waals surface area contributed by atoms with Gasteiger partial charge in [0.2, 0.25) is 0 Å². The number of hydrazone groups is 1. The van der Waals surface area contributed by atoms with Crippen LogP contribution in [-0.2, 0) is 4.79 Å². The number of thioether (sulfide) groups is 1. The molecule has 0 unspecified atom stereocenters. The van der Waals surface area contributed by atoms with Gasteiger partial charge in [-0.3, -0.25) is 15.0 Å². The number of carbonyl (C=O) groups excluding carboxylic acids is 1. The quantitative estimate of drug-likeness (QED) is 0.206. The number of hydrogen-bond acceptors (Lipinski definition) is 6. The molecular formula is C27H18BrN5O2S. The summed E-state index contributed by atoms with van der Waals surface area (Å²) in [5, 5.41) is 9.10. The van der Waals surface area contributed by atoms with Crippen LogP contribution in [0.3, 0.4) is 0 Å². The molecule has 1 N–H and O–H groups in total. The zero-order chi connectivity index (χ0) is 24.9. The summed E-state index contributed by atoms with van der Waals surface area (Å²) in [4.78, 5) is 29.1. The first-order valence-electron chi connectivity index (χ1n) is 10.9. The fourth-order valence-electron chi connectivity index (χ4n) is 3.39. The first-order chi connectivity index (χ1) is 17.5. The predicted molar refractivity (Wildman–Crippen MR) is 148 cm³/mol. The van der Waals surface area contributed by atoms with Crippen LogP contribution in [0, 0.1) is 0 Å². The number of rotatable bonds is 5. The van der Waals surface area contributed by atoms with E-state index in [-0.39, 0.29) is 11.5 Å². The maximum atomic E-state index is 12.4. The van der Waals surface area contributed by atoms with E-state index in [0.29, 0.717) is 21.5 Å². The van der Waals surface area contributed by atoms with Crippen molar-refractivity contribution in [2.75, 3.05) is 0 Å². The highest BCUT2D eigenvalue weighted by Gasteiger charge is 2.21. The third-order valence-electron chi connectivity index (χ3n) is 5.17. The van der Waals surface area contributed by atoms with E-state index in [1.54, 1.807) is 30.5 Å². The minimum atomic E-state index is -0.305. The summed E-state index contributed by atoms with van der Waals surface area (Å²) in [6.07, 6.45) is 3.41. The van der Waals surface area contributed by atoms with Crippen molar-refractivity contribution in [3.8, 4) is 16.9 Å². The van der Waals surface area contributed by atoms with Crippen molar-refractivity contribution in [3.05, 3.63) is 122 Å². The van der Waals surface area contributed by atoms with Crippen molar-refractivity contribution in [2.45, 2.75) is 0 Å². The average Bonchev–Trinajstić information content (AvgIpc) is 3.25. The van der Waals surface area contributed by atoms with Crippen LogP contribution in [-0.4, -0.2) is 27.1 Å². The predicted octanol–water partition coefficient (Wildman–Crippen LogP) is 5.26. The zero-order valence-electron chi connectivity index (χ0n) is 18.7. The summed E-state index contributed by atoms with van der Waals surface area (Å²) < 4.78 is 2.34. The van der Waals surface area contributed by atoms with Crippen LogP contribution in [0.15, 0.2) is 115 Å². The number of carbonyl (C=O) groups is 1. The lowest BCUT2D eigenvalue weighted by atomic mass is 10.1. The van der Waals surface area contributed by atoms with E-state index < -0.39 is 0 Å². The van der Waals surface area contributed by atoms with Gasteiger partial charge in [0.15, 0.2) is 5.17 Å².